The van der Waals surface area contributed by atoms with Gasteiger partial charge in [-0.15, -0.1) is 0 Å². The van der Waals surface area contributed by atoms with Gasteiger partial charge in [0.25, 0.3) is 0 Å². The van der Waals surface area contributed by atoms with Crippen molar-refractivity contribution in [1.82, 2.24) is 10.2 Å². The van der Waals surface area contributed by atoms with Crippen LogP contribution in [-0.2, 0) is 9.53 Å². The maximum Gasteiger partial charge on any atom is 0.407 e. The quantitative estimate of drug-likeness (QED) is 0.899. The van der Waals surface area contributed by atoms with Gasteiger partial charge in [-0.2, -0.15) is 0 Å². The van der Waals surface area contributed by atoms with Gasteiger partial charge >= 0.3 is 6.09 Å². The first kappa shape index (κ1) is 16.4. The maximum absolute atomic E-state index is 12.7. The van der Waals surface area contributed by atoms with Crippen LogP contribution in [0.5, 0.6) is 0 Å². The fourth-order valence-corrected chi connectivity index (χ4v) is 4.64. The number of hydrogen-bond acceptors (Lipinski definition) is 3. The van der Waals surface area contributed by atoms with E-state index in [-0.39, 0.29) is 23.5 Å². The zero-order valence-electron chi connectivity index (χ0n) is 15.0. The van der Waals surface area contributed by atoms with Crippen LogP contribution in [0.1, 0.15) is 48.3 Å². The second kappa shape index (κ2) is 6.04. The predicted molar refractivity (Wildman–Crippen MR) is 94.4 cm³/mol. The molecule has 4 rings (SSSR count). The Labute approximate surface area is 148 Å². The molecule has 3 fully saturated rings. The van der Waals surface area contributed by atoms with Crippen molar-refractivity contribution in [2.75, 3.05) is 19.7 Å². The average molecular weight is 342 g/mol. The number of benzene rings is 1. The number of nitrogens with one attached hydrogen (secondary N) is 1. The Morgan fingerprint density at radius 3 is 2.60 bits per heavy atom. The van der Waals surface area contributed by atoms with Crippen LogP contribution in [0.15, 0.2) is 18.2 Å². The van der Waals surface area contributed by atoms with Gasteiger partial charge in [0.15, 0.2) is 0 Å². The molecule has 1 aliphatic carbocycles. The molecule has 2 aliphatic heterocycles. The number of ether oxygens (including phenoxy) is 1. The van der Waals surface area contributed by atoms with Crippen LogP contribution in [0.25, 0.3) is 0 Å². The standard InChI is InChI=1S/C20H26N2O3/c1-13-3-4-14(2)17(9-13)15-5-7-22(8-6-15)18(23)16-10-20(11-16)12-25-19(24)21-20/h3-4,9,15-16H,5-8,10-12H2,1-2H3,(H,21,24). The largest absolute Gasteiger partial charge is 0.447 e. The fraction of sp³-hybridized carbons (Fsp3) is 0.600. The Hall–Kier alpha value is -2.04. The van der Waals surface area contributed by atoms with Crippen LogP contribution in [0, 0.1) is 19.8 Å². The molecule has 1 spiro atoms. The molecule has 2 heterocycles. The first-order chi connectivity index (χ1) is 12.0. The molecule has 5 heteroatoms. The van der Waals surface area contributed by atoms with Crippen molar-refractivity contribution in [2.45, 2.75) is 51.0 Å². The summed E-state index contributed by atoms with van der Waals surface area (Å²) in [7, 11) is 0. The van der Waals surface area contributed by atoms with Gasteiger partial charge in [0, 0.05) is 19.0 Å². The highest BCUT2D eigenvalue weighted by Crippen LogP contribution is 2.42. The molecular formula is C20H26N2O3. The smallest absolute Gasteiger partial charge is 0.407 e. The number of aryl methyl sites for hydroxylation is 2. The zero-order valence-corrected chi connectivity index (χ0v) is 15.0. The molecule has 3 aliphatic rings. The molecule has 1 N–H and O–H groups in total. The Kier molecular flexibility index (Phi) is 3.97. The Morgan fingerprint density at radius 1 is 1.24 bits per heavy atom. The zero-order chi connectivity index (χ0) is 17.6. The second-order valence-electron chi connectivity index (χ2n) is 8.05. The van der Waals surface area contributed by atoms with Gasteiger partial charge in [-0.25, -0.2) is 4.79 Å². The van der Waals surface area contributed by atoms with Crippen molar-refractivity contribution in [1.29, 1.82) is 0 Å². The van der Waals surface area contributed by atoms with Crippen molar-refractivity contribution in [2.24, 2.45) is 5.92 Å². The summed E-state index contributed by atoms with van der Waals surface area (Å²) in [5.74, 6) is 0.852. The molecule has 5 nitrogen and oxygen atoms in total. The molecule has 134 valence electrons. The molecule has 0 aromatic heterocycles. The molecule has 0 radical (unpaired) electrons. The number of amides is 2. The SMILES string of the molecule is Cc1ccc(C)c(C2CCN(C(=O)C3CC4(COC(=O)N4)C3)CC2)c1. The number of piperidine rings is 1. The minimum atomic E-state index is -0.347. The van der Waals surface area contributed by atoms with Crippen molar-refractivity contribution in [3.8, 4) is 0 Å². The molecule has 25 heavy (non-hydrogen) atoms. The van der Waals surface area contributed by atoms with Gasteiger partial charge in [-0.3, -0.25) is 4.79 Å². The van der Waals surface area contributed by atoms with Gasteiger partial charge in [0.05, 0.1) is 5.54 Å². The van der Waals surface area contributed by atoms with E-state index in [0.717, 1.165) is 25.9 Å². The first-order valence-electron chi connectivity index (χ1n) is 9.27. The monoisotopic (exact) mass is 342 g/mol. The highest BCUT2D eigenvalue weighted by atomic mass is 16.6. The van der Waals surface area contributed by atoms with E-state index in [9.17, 15) is 9.59 Å². The van der Waals surface area contributed by atoms with E-state index in [2.05, 4.69) is 37.4 Å². The lowest BCUT2D eigenvalue weighted by molar-refractivity contribution is -0.142. The van der Waals surface area contributed by atoms with Crippen molar-refractivity contribution in [3.63, 3.8) is 0 Å². The van der Waals surface area contributed by atoms with E-state index < -0.39 is 0 Å². The summed E-state index contributed by atoms with van der Waals surface area (Å²) in [6, 6.07) is 6.67. The van der Waals surface area contributed by atoms with Crippen LogP contribution in [-0.4, -0.2) is 42.1 Å². The van der Waals surface area contributed by atoms with Gasteiger partial charge in [-0.05, 0) is 56.6 Å². The number of nitrogens with zero attached hydrogens (tertiary/aromatic N) is 1. The van der Waals surface area contributed by atoms with Gasteiger partial charge in [0.2, 0.25) is 5.91 Å². The summed E-state index contributed by atoms with van der Waals surface area (Å²) in [4.78, 5) is 26.0. The van der Waals surface area contributed by atoms with Crippen LogP contribution in [0.4, 0.5) is 4.79 Å². The second-order valence-corrected chi connectivity index (χ2v) is 8.05. The lowest BCUT2D eigenvalue weighted by Gasteiger charge is -2.45. The third-order valence-electron chi connectivity index (χ3n) is 6.15. The summed E-state index contributed by atoms with van der Waals surface area (Å²) >= 11 is 0. The van der Waals surface area contributed by atoms with Gasteiger partial charge < -0.3 is 15.0 Å². The molecule has 0 unspecified atom stereocenters. The Bertz CT molecular complexity index is 701. The number of hydrogen-bond donors (Lipinski definition) is 1. The Morgan fingerprint density at radius 2 is 1.96 bits per heavy atom. The van der Waals surface area contributed by atoms with Gasteiger partial charge in [0.1, 0.15) is 6.61 Å². The van der Waals surface area contributed by atoms with Crippen molar-refractivity contribution < 1.29 is 14.3 Å². The topological polar surface area (TPSA) is 58.6 Å². The van der Waals surface area contributed by atoms with Crippen LogP contribution in [0.2, 0.25) is 0 Å². The third-order valence-corrected chi connectivity index (χ3v) is 6.15. The van der Waals surface area contributed by atoms with E-state index in [1.54, 1.807) is 0 Å². The molecule has 1 aromatic carbocycles. The highest BCUT2D eigenvalue weighted by molar-refractivity contribution is 5.81. The number of carbonyl (C=O) groups is 2. The van der Waals surface area contributed by atoms with E-state index >= 15 is 0 Å². The normalized spacial score (nSPS) is 29.3. The van der Waals surface area contributed by atoms with E-state index in [1.165, 1.54) is 16.7 Å². The number of alkyl carbamates (subject to hydrolysis) is 1. The minimum absolute atomic E-state index is 0.0410. The fourth-order valence-electron chi connectivity index (χ4n) is 4.64. The van der Waals surface area contributed by atoms with Crippen molar-refractivity contribution in [3.05, 3.63) is 34.9 Å². The summed E-state index contributed by atoms with van der Waals surface area (Å²) in [5, 5.41) is 2.86. The minimum Gasteiger partial charge on any atom is -0.447 e. The highest BCUT2D eigenvalue weighted by Gasteiger charge is 2.53. The molecule has 2 amide bonds. The third kappa shape index (κ3) is 3.00. The molecule has 1 saturated carbocycles. The van der Waals surface area contributed by atoms with Crippen molar-refractivity contribution >= 4 is 12.0 Å². The average Bonchev–Trinajstić information content (AvgIpc) is 2.97. The van der Waals surface area contributed by atoms with Crippen LogP contribution < -0.4 is 5.32 Å². The van der Waals surface area contributed by atoms with Gasteiger partial charge in [-0.1, -0.05) is 23.8 Å². The number of rotatable bonds is 2. The van der Waals surface area contributed by atoms with E-state index in [0.29, 0.717) is 25.4 Å². The van der Waals surface area contributed by atoms with Crippen LogP contribution in [0.3, 0.4) is 0 Å². The Balaban J connectivity index is 1.32. The summed E-state index contributed by atoms with van der Waals surface area (Å²) < 4.78 is 4.99. The number of cyclic esters (lactones) is 1. The molecule has 2 saturated heterocycles. The number of carbonyl (C=O) groups excluding carboxylic acids is 2. The predicted octanol–water partition coefficient (Wildman–Crippen LogP) is 2.90. The molecular weight excluding hydrogens is 316 g/mol. The summed E-state index contributed by atoms with van der Waals surface area (Å²) in [6.45, 7) is 6.40. The maximum atomic E-state index is 12.7. The number of likely N-dealkylation sites (tertiary alicyclic amines) is 1. The first-order valence-corrected chi connectivity index (χ1v) is 9.27. The summed E-state index contributed by atoms with van der Waals surface area (Å²) in [5.41, 5.74) is 3.84. The molecule has 1 aromatic rings. The lowest BCUT2D eigenvalue weighted by atomic mass is 9.68. The lowest BCUT2D eigenvalue weighted by Crippen LogP contribution is -2.58. The van der Waals surface area contributed by atoms with E-state index in [4.69, 9.17) is 4.74 Å². The van der Waals surface area contributed by atoms with E-state index in [1.807, 2.05) is 4.90 Å². The summed E-state index contributed by atoms with van der Waals surface area (Å²) in [6.07, 6.45) is 3.16. The molecule has 0 atom stereocenters. The van der Waals surface area contributed by atoms with Crippen LogP contribution >= 0.6 is 0 Å². The molecule has 0 bridgehead atoms.